The molecule has 12 nitrogen and oxygen atoms in total. The van der Waals surface area contributed by atoms with Gasteiger partial charge < -0.3 is 24.8 Å². The van der Waals surface area contributed by atoms with Crippen LogP contribution >= 0.6 is 0 Å². The molecule has 0 aliphatic heterocycles. The molecular weight excluding hydrogens is 383 g/mol. The average molecular weight is 397 g/mol. The van der Waals surface area contributed by atoms with Crippen molar-refractivity contribution in [3.05, 3.63) is 36.7 Å². The van der Waals surface area contributed by atoms with E-state index in [-0.39, 0.29) is 24.8 Å². The molecule has 0 saturated carbocycles. The molecule has 26 heavy (non-hydrogen) atoms. The van der Waals surface area contributed by atoms with Crippen molar-refractivity contribution in [2.75, 3.05) is 11.5 Å². The van der Waals surface area contributed by atoms with Crippen LogP contribution in [-0.4, -0.2) is 41.2 Å². The highest BCUT2D eigenvalue weighted by Gasteiger charge is 2.04. The molecule has 0 bridgehead atoms. The fraction of sp³-hybridized carbons (Fsp3) is 0. The van der Waals surface area contributed by atoms with E-state index in [0.717, 1.165) is 11.1 Å². The molecule has 8 N–H and O–H groups in total. The van der Waals surface area contributed by atoms with Crippen molar-refractivity contribution in [3.8, 4) is 22.8 Å². The Hall–Kier alpha value is -3.38. The fourth-order valence-electron chi connectivity index (χ4n) is 1.72. The molecule has 14 heteroatoms. The summed E-state index contributed by atoms with van der Waals surface area (Å²) < 4.78 is 0. The number of nitrogens with zero attached hydrogens (tertiary/aromatic N) is 6. The van der Waals surface area contributed by atoms with Crippen LogP contribution in [0.15, 0.2) is 36.7 Å². The third kappa shape index (κ3) is 5.32. The van der Waals surface area contributed by atoms with Crippen molar-refractivity contribution >= 4 is 11.6 Å². The van der Waals surface area contributed by atoms with Gasteiger partial charge >= 0.3 is 0 Å². The van der Waals surface area contributed by atoms with Gasteiger partial charge in [-0.3, -0.25) is 11.5 Å². The monoisotopic (exact) mass is 396 g/mol. The average Bonchev–Trinajstić information content (AvgIpc) is 3.31. The summed E-state index contributed by atoms with van der Waals surface area (Å²) in [4.78, 5) is 5.69. The molecule has 136 valence electrons. The Bertz CT molecular complexity index is 786. The quantitative estimate of drug-likeness (QED) is 0.256. The van der Waals surface area contributed by atoms with Crippen LogP contribution in [0.25, 0.3) is 22.8 Å². The van der Waals surface area contributed by atoms with Crippen molar-refractivity contribution in [1.82, 2.24) is 41.2 Å². The van der Waals surface area contributed by atoms with Gasteiger partial charge in [0.2, 0.25) is 11.6 Å². The topological polar surface area (TPSA) is 189 Å². The lowest BCUT2D eigenvalue weighted by Crippen LogP contribution is -3.00. The molecule has 0 aromatic carbocycles. The second-order valence-electron chi connectivity index (χ2n) is 4.54. The predicted octanol–water partition coefficient (Wildman–Crippen LogP) is -7.47. The molecule has 0 atom stereocenters. The molecule has 0 aliphatic carbocycles. The highest BCUT2D eigenvalue weighted by Crippen LogP contribution is 2.10. The van der Waals surface area contributed by atoms with Crippen molar-refractivity contribution in [2.45, 2.75) is 0 Å². The Balaban J connectivity index is 0.000000241. The zero-order valence-corrected chi connectivity index (χ0v) is 14.6. The summed E-state index contributed by atoms with van der Waals surface area (Å²) in [5.74, 6) is 2.29. The highest BCUT2D eigenvalue weighted by atomic mass is 35.5. The summed E-state index contributed by atoms with van der Waals surface area (Å²) in [7, 11) is 0. The molecule has 0 fully saturated rings. The maximum absolute atomic E-state index is 5.46. The summed E-state index contributed by atoms with van der Waals surface area (Å²) in [5.41, 5.74) is 12.6. The Labute approximate surface area is 159 Å². The Morgan fingerprint density at radius 2 is 1.12 bits per heavy atom. The highest BCUT2D eigenvalue weighted by molar-refractivity contribution is 5.52. The van der Waals surface area contributed by atoms with E-state index in [2.05, 4.69) is 51.2 Å². The number of nitrogens with one attached hydrogen (secondary N) is 4. The number of nitrogen functional groups attached to an aromatic ring is 2. The second kappa shape index (κ2) is 9.80. The standard InChI is InChI=1S/2C6H6N6.2ClH/c2*7-5-2-1-4(3-8-5)6-9-11-12-10-6;;/h2*1-3H,(H2,7,8)(H,9,10,11,12);2*1H. The molecule has 0 radical (unpaired) electrons. The van der Waals surface area contributed by atoms with E-state index in [9.17, 15) is 0 Å². The van der Waals surface area contributed by atoms with Crippen LogP contribution in [-0.2, 0) is 0 Å². The van der Waals surface area contributed by atoms with Crippen molar-refractivity contribution in [2.24, 2.45) is 0 Å². The van der Waals surface area contributed by atoms with Gasteiger partial charge in [-0.25, -0.2) is 9.97 Å². The van der Waals surface area contributed by atoms with Gasteiger partial charge in [-0.1, -0.05) is 0 Å². The maximum Gasteiger partial charge on any atom is 0.270 e. The van der Waals surface area contributed by atoms with Crippen LogP contribution in [0.4, 0.5) is 11.6 Å². The summed E-state index contributed by atoms with van der Waals surface area (Å²) in [5, 5.41) is 26.8. The number of hydrogen-bond donors (Lipinski definition) is 4. The summed E-state index contributed by atoms with van der Waals surface area (Å²) >= 11 is 0. The molecule has 0 spiro atoms. The van der Waals surface area contributed by atoms with E-state index in [1.165, 1.54) is 0 Å². The third-order valence-corrected chi connectivity index (χ3v) is 2.88. The molecule has 0 unspecified atom stereocenters. The largest absolute Gasteiger partial charge is 1.00 e. The van der Waals surface area contributed by atoms with Gasteiger partial charge in [0.25, 0.3) is 11.6 Å². The lowest BCUT2D eigenvalue weighted by atomic mass is 10.3. The van der Waals surface area contributed by atoms with Gasteiger partial charge in [0.05, 0.1) is 23.5 Å². The van der Waals surface area contributed by atoms with Crippen LogP contribution < -0.4 is 46.2 Å². The first-order valence-electron chi connectivity index (χ1n) is 6.74. The number of aromatic nitrogens is 10. The van der Waals surface area contributed by atoms with Gasteiger partial charge in [-0.2, -0.15) is 10.4 Å². The molecule has 0 aliphatic rings. The van der Waals surface area contributed by atoms with Crippen LogP contribution in [0.3, 0.4) is 0 Å². The molecule has 4 rings (SSSR count). The SMILES string of the molecule is Nc1ccc(-c2nn[nH]n2)c[nH+]1.Nc1ccc(-c2nn[nH]n2)c[nH+]1.[Cl-].[Cl-]. The number of tetrazole rings is 2. The number of anilines is 2. The van der Waals surface area contributed by atoms with Crippen LogP contribution in [0.5, 0.6) is 0 Å². The van der Waals surface area contributed by atoms with E-state index in [1.54, 1.807) is 24.5 Å². The Kier molecular flexibility index (Phi) is 7.79. The Morgan fingerprint density at radius 1 is 0.692 bits per heavy atom. The first kappa shape index (κ1) is 20.7. The minimum absolute atomic E-state index is 0. The lowest BCUT2D eigenvalue weighted by molar-refractivity contribution is -0.360. The zero-order valence-electron chi connectivity index (χ0n) is 13.1. The van der Waals surface area contributed by atoms with Gasteiger partial charge in [-0.15, -0.1) is 20.4 Å². The number of nitrogens with two attached hydrogens (primary N) is 2. The first-order valence-corrected chi connectivity index (χ1v) is 6.74. The summed E-state index contributed by atoms with van der Waals surface area (Å²) in [6.07, 6.45) is 3.44. The minimum Gasteiger partial charge on any atom is -1.00 e. The van der Waals surface area contributed by atoms with Crippen molar-refractivity contribution < 1.29 is 34.8 Å². The summed E-state index contributed by atoms with van der Waals surface area (Å²) in [6, 6.07) is 7.12. The smallest absolute Gasteiger partial charge is 0.270 e. The molecule has 4 aromatic heterocycles. The van der Waals surface area contributed by atoms with E-state index < -0.39 is 0 Å². The Morgan fingerprint density at radius 3 is 1.38 bits per heavy atom. The lowest BCUT2D eigenvalue weighted by Gasteiger charge is -1.89. The van der Waals surface area contributed by atoms with E-state index in [1.807, 2.05) is 12.1 Å². The number of rotatable bonds is 2. The molecule has 0 amide bonds. The van der Waals surface area contributed by atoms with E-state index in [4.69, 9.17) is 11.5 Å². The van der Waals surface area contributed by atoms with Crippen LogP contribution in [0, 0.1) is 0 Å². The summed E-state index contributed by atoms with van der Waals surface area (Å²) in [6.45, 7) is 0. The van der Waals surface area contributed by atoms with Gasteiger partial charge in [0.1, 0.15) is 0 Å². The number of aromatic amines is 4. The van der Waals surface area contributed by atoms with Crippen molar-refractivity contribution in [3.63, 3.8) is 0 Å². The minimum atomic E-state index is 0. The van der Waals surface area contributed by atoms with Gasteiger partial charge in [0, 0.05) is 12.1 Å². The van der Waals surface area contributed by atoms with Gasteiger partial charge in [-0.05, 0) is 22.6 Å². The second-order valence-corrected chi connectivity index (χ2v) is 4.54. The van der Waals surface area contributed by atoms with E-state index >= 15 is 0 Å². The number of H-pyrrole nitrogens is 4. The normalized spacial score (nSPS) is 9.23. The van der Waals surface area contributed by atoms with Crippen molar-refractivity contribution in [1.29, 1.82) is 0 Å². The number of halogens is 2. The van der Waals surface area contributed by atoms with Crippen LogP contribution in [0.1, 0.15) is 0 Å². The van der Waals surface area contributed by atoms with Gasteiger partial charge in [0.15, 0.2) is 0 Å². The molecule has 4 aromatic rings. The fourth-order valence-corrected chi connectivity index (χ4v) is 1.72. The number of pyridine rings is 2. The third-order valence-electron chi connectivity index (χ3n) is 2.88. The maximum atomic E-state index is 5.46. The molecule has 0 saturated heterocycles. The first-order chi connectivity index (χ1) is 11.7. The van der Waals surface area contributed by atoms with E-state index in [0.29, 0.717) is 23.3 Å². The van der Waals surface area contributed by atoms with Crippen LogP contribution in [0.2, 0.25) is 0 Å². The zero-order chi connectivity index (χ0) is 16.8. The molecular formula is C12H14Cl2N12. The number of hydrogen-bond acceptors (Lipinski definition) is 8. The molecule has 4 heterocycles. The predicted molar refractivity (Wildman–Crippen MR) is 81.2 cm³/mol.